The highest BCUT2D eigenvalue weighted by molar-refractivity contribution is 7.03. The first-order chi connectivity index (χ1) is 3.48. The topological polar surface area (TPSA) is 36.4 Å². The lowest BCUT2D eigenvalue weighted by atomic mass is 10.9. The molecule has 0 aromatic rings. The van der Waals surface area contributed by atoms with E-state index < -0.39 is 8.07 Å². The Kier molecular flexibility index (Phi) is 2.13. The van der Waals surface area contributed by atoms with Crippen molar-refractivity contribution in [2.24, 2.45) is 0 Å². The normalized spacial score (nSPS) is 10.5. The lowest BCUT2D eigenvalue weighted by Crippen LogP contribution is -2.31. The van der Waals surface area contributed by atoms with E-state index in [4.69, 9.17) is 5.53 Å². The summed E-state index contributed by atoms with van der Waals surface area (Å²) in [5, 5.41) is 0.900. The molecule has 0 bridgehead atoms. The molecule has 0 aliphatic carbocycles. The molecule has 0 saturated heterocycles. The molecule has 0 aliphatic rings. The van der Waals surface area contributed by atoms with Crippen LogP contribution in [0.2, 0.25) is 19.6 Å². The molecule has 2 nitrogen and oxygen atoms in total. The maximum Gasteiger partial charge on any atom is 0.233 e. The molecule has 8 heavy (non-hydrogen) atoms. The first-order valence-electron chi connectivity index (χ1n) is 2.67. The third-order valence-electron chi connectivity index (χ3n) is 1.24. The number of rotatable bonds is 1. The van der Waals surface area contributed by atoms with Crippen molar-refractivity contribution in [2.45, 2.75) is 26.6 Å². The summed E-state index contributed by atoms with van der Waals surface area (Å²) in [5.74, 6) is 0. The molecule has 0 N–H and O–H groups in total. The van der Waals surface area contributed by atoms with Crippen LogP contribution in [0.25, 0.3) is 5.53 Å². The predicted octanol–water partition coefficient (Wildman–Crippen LogP) is 1.55. The molecular formula is C5H12N2Si. The molecule has 0 rings (SSSR count). The van der Waals surface area contributed by atoms with E-state index in [9.17, 15) is 0 Å². The highest BCUT2D eigenvalue weighted by Crippen LogP contribution is 1.99. The van der Waals surface area contributed by atoms with Gasteiger partial charge in [-0.05, 0) is 0 Å². The number of hydrogen-bond acceptors (Lipinski definition) is 0. The minimum Gasteiger partial charge on any atom is -0.362 e. The van der Waals surface area contributed by atoms with Crippen molar-refractivity contribution in [1.82, 2.24) is 0 Å². The van der Waals surface area contributed by atoms with E-state index in [2.05, 4.69) is 24.4 Å². The third-order valence-corrected chi connectivity index (χ3v) is 3.51. The molecule has 0 saturated carbocycles. The van der Waals surface area contributed by atoms with Gasteiger partial charge in [-0.3, -0.25) is 0 Å². The lowest BCUT2D eigenvalue weighted by Gasteiger charge is -2.03. The van der Waals surface area contributed by atoms with Crippen LogP contribution in [0.15, 0.2) is 0 Å². The molecule has 0 unspecified atom stereocenters. The molecule has 3 heteroatoms. The van der Waals surface area contributed by atoms with Gasteiger partial charge in [-0.15, -0.1) is 0 Å². The Balaban J connectivity index is 4.26. The largest absolute Gasteiger partial charge is 0.362 e. The molecule has 0 aromatic heterocycles. The second-order valence-corrected chi connectivity index (χ2v) is 8.16. The molecule has 46 valence electrons. The van der Waals surface area contributed by atoms with E-state index in [-0.39, 0.29) is 0 Å². The molecule has 0 atom stereocenters. The summed E-state index contributed by atoms with van der Waals surface area (Å²) >= 11 is 0. The Bertz CT molecular complexity index is 128. The quantitative estimate of drug-likeness (QED) is 0.222. The maximum atomic E-state index is 8.29. The average molecular weight is 128 g/mol. The Morgan fingerprint density at radius 2 is 1.75 bits per heavy atom. The summed E-state index contributed by atoms with van der Waals surface area (Å²) in [5.41, 5.74) is 8.29. The van der Waals surface area contributed by atoms with Gasteiger partial charge in [-0.25, -0.2) is 0 Å². The molecular weight excluding hydrogens is 116 g/mol. The van der Waals surface area contributed by atoms with Gasteiger partial charge in [0.2, 0.25) is 5.33 Å². The monoisotopic (exact) mass is 128 g/mol. The smallest absolute Gasteiger partial charge is 0.233 e. The van der Waals surface area contributed by atoms with Gasteiger partial charge in [0.1, 0.15) is 0 Å². The summed E-state index contributed by atoms with van der Waals surface area (Å²) in [4.78, 5) is 3.14. The van der Waals surface area contributed by atoms with Crippen LogP contribution in [-0.2, 0) is 0 Å². The van der Waals surface area contributed by atoms with Crippen molar-refractivity contribution in [3.05, 3.63) is 5.53 Å². The van der Waals surface area contributed by atoms with E-state index in [1.54, 1.807) is 0 Å². The zero-order valence-electron chi connectivity index (χ0n) is 5.89. The van der Waals surface area contributed by atoms with E-state index in [0.29, 0.717) is 0 Å². The molecule has 0 spiro atoms. The molecule has 0 fully saturated rings. The van der Waals surface area contributed by atoms with Gasteiger partial charge >= 0.3 is 0 Å². The van der Waals surface area contributed by atoms with Crippen LogP contribution >= 0.6 is 0 Å². The predicted molar refractivity (Wildman–Crippen MR) is 37.6 cm³/mol. The fraction of sp³-hybridized carbons (Fsp3) is 0.800. The molecule has 0 radical (unpaired) electrons. The van der Waals surface area contributed by atoms with Crippen molar-refractivity contribution in [1.29, 1.82) is 0 Å². The summed E-state index contributed by atoms with van der Waals surface area (Å²) in [6.45, 7) is 8.29. The standard InChI is InChI=1S/C5H12N2Si/c1-5(7-6)8(2,3)4/h1-4H3. The zero-order valence-corrected chi connectivity index (χ0v) is 6.89. The fourth-order valence-corrected chi connectivity index (χ4v) is 0.450. The highest BCUT2D eigenvalue weighted by atomic mass is 28.3. The van der Waals surface area contributed by atoms with Gasteiger partial charge in [0.05, 0.1) is 0 Å². The van der Waals surface area contributed by atoms with Crippen molar-refractivity contribution < 1.29 is 4.79 Å². The van der Waals surface area contributed by atoms with Gasteiger partial charge in [-0.1, -0.05) is 19.6 Å². The minimum atomic E-state index is -1.26. The van der Waals surface area contributed by atoms with Crippen LogP contribution < -0.4 is 0 Å². The van der Waals surface area contributed by atoms with Crippen LogP contribution in [0.5, 0.6) is 0 Å². The van der Waals surface area contributed by atoms with Gasteiger partial charge in [-0.2, -0.15) is 4.79 Å². The van der Waals surface area contributed by atoms with Crippen molar-refractivity contribution >= 4 is 13.4 Å². The van der Waals surface area contributed by atoms with Crippen molar-refractivity contribution in [2.75, 3.05) is 0 Å². The second-order valence-electron chi connectivity index (χ2n) is 2.94. The summed E-state index contributed by atoms with van der Waals surface area (Å²) < 4.78 is 0. The average Bonchev–Trinajstić information content (AvgIpc) is 1.62. The number of hydrogen-bond donors (Lipinski definition) is 0. The zero-order chi connectivity index (χ0) is 6.78. The Morgan fingerprint density at radius 3 is 1.75 bits per heavy atom. The van der Waals surface area contributed by atoms with Gasteiger partial charge in [0.25, 0.3) is 0 Å². The molecule has 0 heterocycles. The highest BCUT2D eigenvalue weighted by Gasteiger charge is 2.24. The Hall–Kier alpha value is -0.403. The van der Waals surface area contributed by atoms with Gasteiger partial charge in [0.15, 0.2) is 8.07 Å². The molecule has 0 aromatic carbocycles. The van der Waals surface area contributed by atoms with Crippen LogP contribution in [-0.4, -0.2) is 18.2 Å². The maximum absolute atomic E-state index is 8.29. The summed E-state index contributed by atoms with van der Waals surface area (Å²) in [6, 6.07) is 0. The minimum absolute atomic E-state index is 0.900. The van der Waals surface area contributed by atoms with Crippen LogP contribution in [0.4, 0.5) is 0 Å². The molecule has 0 amide bonds. The fourth-order valence-electron chi connectivity index (χ4n) is 0.150. The lowest BCUT2D eigenvalue weighted by molar-refractivity contribution is -0.00197. The van der Waals surface area contributed by atoms with Crippen molar-refractivity contribution in [3.8, 4) is 0 Å². The number of nitrogens with zero attached hydrogens (tertiary/aromatic N) is 2. The Labute approximate surface area is 51.2 Å². The molecule has 0 aliphatic heterocycles. The van der Waals surface area contributed by atoms with Crippen LogP contribution in [0.3, 0.4) is 0 Å². The van der Waals surface area contributed by atoms with Gasteiger partial charge < -0.3 is 5.53 Å². The van der Waals surface area contributed by atoms with E-state index in [1.165, 1.54) is 0 Å². The van der Waals surface area contributed by atoms with E-state index >= 15 is 0 Å². The summed E-state index contributed by atoms with van der Waals surface area (Å²) in [7, 11) is -1.26. The third kappa shape index (κ3) is 2.05. The first kappa shape index (κ1) is 7.60. The van der Waals surface area contributed by atoms with Crippen LogP contribution in [0.1, 0.15) is 6.92 Å². The SMILES string of the molecule is CC(=[N+]=[N-])[Si](C)(C)C. The summed E-state index contributed by atoms with van der Waals surface area (Å²) in [6.07, 6.45) is 0. The van der Waals surface area contributed by atoms with Gasteiger partial charge in [0, 0.05) is 6.92 Å². The van der Waals surface area contributed by atoms with E-state index in [0.717, 1.165) is 5.33 Å². The van der Waals surface area contributed by atoms with Crippen LogP contribution in [0, 0.1) is 0 Å². The van der Waals surface area contributed by atoms with E-state index in [1.807, 2.05) is 6.92 Å². The Morgan fingerprint density at radius 1 is 1.38 bits per heavy atom. The van der Waals surface area contributed by atoms with Crippen molar-refractivity contribution in [3.63, 3.8) is 0 Å². The first-order valence-corrected chi connectivity index (χ1v) is 6.17. The second kappa shape index (κ2) is 2.24.